The minimum Gasteiger partial charge on any atom is -0.456 e. The Balaban J connectivity index is 1.08. The van der Waals surface area contributed by atoms with Crippen LogP contribution in [0.25, 0.3) is 128 Å². The number of benzene rings is 9. The molecule has 0 saturated carbocycles. The van der Waals surface area contributed by atoms with Crippen molar-refractivity contribution >= 4 is 65.7 Å². The fourth-order valence-corrected chi connectivity index (χ4v) is 8.69. The van der Waals surface area contributed by atoms with Crippen molar-refractivity contribution in [3.8, 4) is 62.1 Å². The summed E-state index contributed by atoms with van der Waals surface area (Å²) in [6.07, 6.45) is 0. The summed E-state index contributed by atoms with van der Waals surface area (Å²) >= 11 is 0. The van der Waals surface area contributed by atoms with Crippen molar-refractivity contribution < 1.29 is 23.9 Å². The van der Waals surface area contributed by atoms with Crippen LogP contribution < -0.4 is 0 Å². The molecule has 0 aliphatic heterocycles. The molecule has 0 atom stereocenters. The van der Waals surface area contributed by atoms with Crippen LogP contribution in [-0.4, -0.2) is 19.5 Å². The molecule has 9 aromatic carbocycles. The van der Waals surface area contributed by atoms with Crippen LogP contribution in [0.1, 0.15) is 15.1 Å². The molecule has 6 heteroatoms. The smallest absolute Gasteiger partial charge is 0.164 e. The minimum absolute atomic E-state index is 0.000722. The van der Waals surface area contributed by atoms with Gasteiger partial charge in [-0.15, -0.1) is 0 Å². The predicted octanol–water partition coefficient (Wildman–Crippen LogP) is 15.1. The number of hydrogen-bond acceptors (Lipinski definition) is 5. The summed E-state index contributed by atoms with van der Waals surface area (Å²) in [5.41, 5.74) is 6.18. The van der Waals surface area contributed by atoms with E-state index in [9.17, 15) is 5.48 Å². The van der Waals surface area contributed by atoms with E-state index in [0.29, 0.717) is 22.3 Å². The van der Waals surface area contributed by atoms with Crippen LogP contribution in [0.3, 0.4) is 0 Å². The zero-order valence-corrected chi connectivity index (χ0v) is 32.9. The normalized spacial score (nSPS) is 14.3. The maximum absolute atomic E-state index is 9.57. The minimum atomic E-state index is -0.590. The van der Waals surface area contributed by atoms with Gasteiger partial charge in [0.25, 0.3) is 0 Å². The standard InChI is InChI=1S/C57H34N4O2/c1-3-15-35(16-4-1)37-19-11-20-38(33-37)40-23-12-28-48-52(40)43-32-31-39(34-51(43)63-48)56-58-55(36-17-5-2-6-18-36)59-57(60-56)44-24-13-29-49-53(44)54-47(27-14-30-50(54)62-49)61-45-25-9-7-21-41(45)42-22-8-10-26-46(42)61/h1-34H/i7D,8D,9D,13D,14D,21D,22D,26D,27D,29D,30D. The van der Waals surface area contributed by atoms with Crippen molar-refractivity contribution in [1.29, 1.82) is 0 Å². The number of fused-ring (bicyclic) bond motifs is 9. The predicted molar refractivity (Wildman–Crippen MR) is 256 cm³/mol. The highest BCUT2D eigenvalue weighted by atomic mass is 16.3. The molecule has 0 aliphatic rings. The summed E-state index contributed by atoms with van der Waals surface area (Å²) in [4.78, 5) is 15.0. The fraction of sp³-hybridized carbons (Fsp3) is 0. The van der Waals surface area contributed by atoms with Gasteiger partial charge >= 0.3 is 0 Å². The first kappa shape index (κ1) is 25.9. The average Bonchev–Trinajstić information content (AvgIpc) is 4.13. The van der Waals surface area contributed by atoms with Gasteiger partial charge in [0.15, 0.2) is 17.5 Å². The van der Waals surface area contributed by atoms with E-state index in [4.69, 9.17) is 33.4 Å². The Bertz CT molecular complexity index is 4570. The van der Waals surface area contributed by atoms with Crippen LogP contribution >= 0.6 is 0 Å². The molecule has 0 bridgehead atoms. The summed E-state index contributed by atoms with van der Waals surface area (Å²) in [5, 5.41) is 1.82. The van der Waals surface area contributed by atoms with Crippen LogP contribution in [0.4, 0.5) is 0 Å². The maximum Gasteiger partial charge on any atom is 0.164 e. The van der Waals surface area contributed by atoms with Crippen LogP contribution in [0.2, 0.25) is 0 Å². The monoisotopic (exact) mass is 817 g/mol. The number of para-hydroxylation sites is 2. The van der Waals surface area contributed by atoms with E-state index in [1.54, 1.807) is 0 Å². The number of furan rings is 2. The molecule has 0 N–H and O–H groups in total. The van der Waals surface area contributed by atoms with E-state index in [-0.39, 0.29) is 109 Å². The van der Waals surface area contributed by atoms with Crippen molar-refractivity contribution in [3.63, 3.8) is 0 Å². The highest BCUT2D eigenvalue weighted by molar-refractivity contribution is 6.18. The molecule has 4 heterocycles. The molecule has 6 nitrogen and oxygen atoms in total. The van der Waals surface area contributed by atoms with Crippen LogP contribution in [-0.2, 0) is 0 Å². The lowest BCUT2D eigenvalue weighted by molar-refractivity contribution is 0.668. The van der Waals surface area contributed by atoms with Gasteiger partial charge in [0.2, 0.25) is 0 Å². The first-order valence-corrected chi connectivity index (χ1v) is 20.2. The molecular weight excluding hydrogens is 773 g/mol. The quantitative estimate of drug-likeness (QED) is 0.167. The fourth-order valence-electron chi connectivity index (χ4n) is 8.69. The molecule has 0 amide bonds. The van der Waals surface area contributed by atoms with E-state index in [1.807, 2.05) is 84.9 Å². The van der Waals surface area contributed by atoms with Gasteiger partial charge in [0.1, 0.15) is 22.3 Å². The third kappa shape index (κ3) is 5.62. The summed E-state index contributed by atoms with van der Waals surface area (Å²) in [5.74, 6) is 0.496. The molecule has 4 aromatic heterocycles. The van der Waals surface area contributed by atoms with E-state index in [0.717, 1.165) is 39.1 Å². The molecule has 294 valence electrons. The van der Waals surface area contributed by atoms with Gasteiger partial charge in [0, 0.05) is 43.6 Å². The first-order chi connectivity index (χ1) is 35.8. The highest BCUT2D eigenvalue weighted by Crippen LogP contribution is 2.43. The number of nitrogens with zero attached hydrogens (tertiary/aromatic N) is 4. The van der Waals surface area contributed by atoms with E-state index >= 15 is 0 Å². The number of hydrogen-bond donors (Lipinski definition) is 0. The lowest BCUT2D eigenvalue weighted by atomic mass is 9.96. The third-order valence-corrected chi connectivity index (χ3v) is 11.5. The number of aromatic nitrogens is 4. The largest absolute Gasteiger partial charge is 0.456 e. The van der Waals surface area contributed by atoms with Gasteiger partial charge in [-0.3, -0.25) is 0 Å². The first-order valence-electron chi connectivity index (χ1n) is 25.7. The molecule has 0 spiro atoms. The van der Waals surface area contributed by atoms with Crippen molar-refractivity contribution in [3.05, 3.63) is 206 Å². The molecular formula is C57H34N4O2. The average molecular weight is 818 g/mol. The molecule has 63 heavy (non-hydrogen) atoms. The molecule has 13 rings (SSSR count). The van der Waals surface area contributed by atoms with Crippen molar-refractivity contribution in [2.45, 2.75) is 0 Å². The zero-order chi connectivity index (χ0) is 51.0. The Morgan fingerprint density at radius 1 is 0.365 bits per heavy atom. The maximum atomic E-state index is 9.57. The van der Waals surface area contributed by atoms with Gasteiger partial charge in [-0.25, -0.2) is 15.0 Å². The second-order valence-corrected chi connectivity index (χ2v) is 15.1. The molecule has 0 saturated heterocycles. The summed E-state index contributed by atoms with van der Waals surface area (Å²) < 4.78 is 113. The van der Waals surface area contributed by atoms with Crippen molar-refractivity contribution in [1.82, 2.24) is 19.5 Å². The van der Waals surface area contributed by atoms with Crippen LogP contribution in [0.15, 0.2) is 215 Å². The Hall–Kier alpha value is -8.61. The lowest BCUT2D eigenvalue weighted by Gasteiger charge is -2.12. The van der Waals surface area contributed by atoms with Gasteiger partial charge in [-0.05, 0) is 76.8 Å². The second kappa shape index (κ2) is 14.0. The van der Waals surface area contributed by atoms with Gasteiger partial charge in [-0.1, -0.05) is 151 Å². The van der Waals surface area contributed by atoms with Gasteiger partial charge in [0.05, 0.1) is 37.2 Å². The highest BCUT2D eigenvalue weighted by Gasteiger charge is 2.23. The summed E-state index contributed by atoms with van der Waals surface area (Å²) in [6.45, 7) is 0. The van der Waals surface area contributed by atoms with Gasteiger partial charge < -0.3 is 13.4 Å². The van der Waals surface area contributed by atoms with E-state index in [2.05, 4.69) is 36.4 Å². The Morgan fingerprint density at radius 2 is 1.08 bits per heavy atom. The SMILES string of the molecule is [2H]c1cc2c(c([2H])c1[2H])c1c([2H])c([2H])cc([2H])c1n2-c1c([2H])c([2H])c([2H])c2oc3c([2H])c([2H])cc(-c4nc(-c5ccccc5)nc(-c5ccc6c(c5)oc5cccc(-c7cccc(-c8ccccc8)c7)c56)n4)c3c12. The van der Waals surface area contributed by atoms with Crippen LogP contribution in [0.5, 0.6) is 0 Å². The van der Waals surface area contributed by atoms with Crippen molar-refractivity contribution in [2.24, 2.45) is 0 Å². The second-order valence-electron chi connectivity index (χ2n) is 15.1. The Morgan fingerprint density at radius 3 is 1.97 bits per heavy atom. The van der Waals surface area contributed by atoms with E-state index < -0.39 is 30.2 Å². The zero-order valence-electron chi connectivity index (χ0n) is 43.9. The van der Waals surface area contributed by atoms with Crippen LogP contribution in [0, 0.1) is 0 Å². The number of rotatable bonds is 6. The molecule has 13 aromatic rings. The summed E-state index contributed by atoms with van der Waals surface area (Å²) in [6, 6.07) is 38.8. The lowest BCUT2D eigenvalue weighted by Crippen LogP contribution is -2.00. The summed E-state index contributed by atoms with van der Waals surface area (Å²) in [7, 11) is 0. The topological polar surface area (TPSA) is 69.9 Å². The van der Waals surface area contributed by atoms with Gasteiger partial charge in [-0.2, -0.15) is 0 Å². The molecule has 0 fully saturated rings. The molecule has 0 aliphatic carbocycles. The molecule has 0 radical (unpaired) electrons. The Kier molecular flexibility index (Phi) is 5.74. The van der Waals surface area contributed by atoms with E-state index in [1.165, 1.54) is 16.7 Å². The Labute approximate surface area is 376 Å². The van der Waals surface area contributed by atoms with Crippen molar-refractivity contribution in [2.75, 3.05) is 0 Å². The third-order valence-electron chi connectivity index (χ3n) is 11.5. The molecule has 0 unspecified atom stereocenters.